The van der Waals surface area contributed by atoms with Crippen LogP contribution in [0.25, 0.3) is 0 Å². The van der Waals surface area contributed by atoms with Crippen LogP contribution < -0.4 is 10.6 Å². The van der Waals surface area contributed by atoms with Gasteiger partial charge in [0.2, 0.25) is 5.91 Å². The molecule has 2 N–H and O–H groups in total. The molecule has 154 valence electrons. The Labute approximate surface area is 166 Å². The van der Waals surface area contributed by atoms with Crippen LogP contribution in [0.5, 0.6) is 0 Å². The topological polar surface area (TPSA) is 93.7 Å². The highest BCUT2D eigenvalue weighted by Crippen LogP contribution is 2.08. The Morgan fingerprint density at radius 1 is 1.04 bits per heavy atom. The molecule has 1 rings (SSSR count). The second-order valence-electron chi connectivity index (χ2n) is 7.37. The van der Waals surface area contributed by atoms with E-state index in [0.717, 1.165) is 11.1 Å². The normalized spacial score (nSPS) is 10.7. The third kappa shape index (κ3) is 10.4. The van der Waals surface area contributed by atoms with Gasteiger partial charge in [-0.2, -0.15) is 0 Å². The van der Waals surface area contributed by atoms with Crippen LogP contribution in [0.4, 0.5) is 4.79 Å². The molecule has 0 atom stereocenters. The van der Waals surface area contributed by atoms with Crippen molar-refractivity contribution in [1.29, 1.82) is 0 Å². The zero-order valence-electron chi connectivity index (χ0n) is 17.1. The number of benzene rings is 1. The van der Waals surface area contributed by atoms with Gasteiger partial charge in [-0.1, -0.05) is 30.8 Å². The standard InChI is InChI=1S/C21H30N2O5/c1-15(11-13-27-16(2)24)19(25)23-14-18-8-6-17(7-9-18)10-12-22-20(26)28-21(3,4)5/h6-9H,1,10-14H2,2-5H3,(H,22,26)(H,23,25). The van der Waals surface area contributed by atoms with Crippen LogP contribution in [0, 0.1) is 0 Å². The van der Waals surface area contributed by atoms with Crippen molar-refractivity contribution in [1.82, 2.24) is 10.6 Å². The van der Waals surface area contributed by atoms with Gasteiger partial charge in [0.15, 0.2) is 0 Å². The maximum Gasteiger partial charge on any atom is 0.407 e. The Morgan fingerprint density at radius 2 is 1.64 bits per heavy atom. The molecule has 1 aromatic rings. The van der Waals surface area contributed by atoms with Gasteiger partial charge in [-0.05, 0) is 38.3 Å². The van der Waals surface area contributed by atoms with Crippen molar-refractivity contribution in [3.05, 3.63) is 47.5 Å². The highest BCUT2D eigenvalue weighted by atomic mass is 16.6. The SMILES string of the molecule is C=C(CCOC(C)=O)C(=O)NCc1ccc(CCNC(=O)OC(C)(C)C)cc1. The van der Waals surface area contributed by atoms with Gasteiger partial charge >= 0.3 is 12.1 Å². The number of rotatable bonds is 9. The molecule has 1 aromatic carbocycles. The number of amides is 2. The predicted molar refractivity (Wildman–Crippen MR) is 107 cm³/mol. The second-order valence-corrected chi connectivity index (χ2v) is 7.37. The van der Waals surface area contributed by atoms with E-state index < -0.39 is 11.7 Å². The van der Waals surface area contributed by atoms with Crippen LogP contribution in [-0.4, -0.2) is 36.7 Å². The van der Waals surface area contributed by atoms with Gasteiger partial charge in [-0.25, -0.2) is 4.79 Å². The molecule has 0 aromatic heterocycles. The lowest BCUT2D eigenvalue weighted by atomic mass is 10.1. The summed E-state index contributed by atoms with van der Waals surface area (Å²) in [6, 6.07) is 7.75. The van der Waals surface area contributed by atoms with Crippen molar-refractivity contribution in [2.75, 3.05) is 13.2 Å². The van der Waals surface area contributed by atoms with Crippen molar-refractivity contribution in [2.24, 2.45) is 0 Å². The first-order valence-electron chi connectivity index (χ1n) is 9.21. The largest absolute Gasteiger partial charge is 0.466 e. The fraction of sp³-hybridized carbons (Fsp3) is 0.476. The minimum Gasteiger partial charge on any atom is -0.466 e. The first kappa shape index (κ1) is 23.2. The molecule has 0 saturated heterocycles. The molecule has 0 aliphatic heterocycles. The highest BCUT2D eigenvalue weighted by Gasteiger charge is 2.15. The molecule has 7 heteroatoms. The Hall–Kier alpha value is -2.83. The summed E-state index contributed by atoms with van der Waals surface area (Å²) in [7, 11) is 0. The van der Waals surface area contributed by atoms with Gasteiger partial charge in [0, 0.05) is 32.0 Å². The highest BCUT2D eigenvalue weighted by molar-refractivity contribution is 5.92. The van der Waals surface area contributed by atoms with E-state index in [9.17, 15) is 14.4 Å². The average molecular weight is 390 g/mol. The lowest BCUT2D eigenvalue weighted by Crippen LogP contribution is -2.33. The number of ether oxygens (including phenoxy) is 2. The minimum absolute atomic E-state index is 0.146. The van der Waals surface area contributed by atoms with E-state index in [1.807, 2.05) is 45.0 Å². The molecule has 0 fully saturated rings. The van der Waals surface area contributed by atoms with E-state index in [1.165, 1.54) is 6.92 Å². The Kier molecular flexibility index (Phi) is 9.21. The molecule has 0 aliphatic rings. The van der Waals surface area contributed by atoms with E-state index >= 15 is 0 Å². The summed E-state index contributed by atoms with van der Waals surface area (Å²) in [6.07, 6.45) is 0.550. The third-order valence-corrected chi connectivity index (χ3v) is 3.59. The van der Waals surface area contributed by atoms with Gasteiger partial charge in [-0.15, -0.1) is 0 Å². The Bertz CT molecular complexity index is 690. The van der Waals surface area contributed by atoms with E-state index in [1.54, 1.807) is 0 Å². The monoisotopic (exact) mass is 390 g/mol. The molecule has 0 radical (unpaired) electrons. The fourth-order valence-corrected chi connectivity index (χ4v) is 2.19. The Balaban J connectivity index is 2.32. The molecule has 0 aliphatic carbocycles. The van der Waals surface area contributed by atoms with Gasteiger partial charge in [0.05, 0.1) is 6.61 Å². The summed E-state index contributed by atoms with van der Waals surface area (Å²) in [5.74, 6) is -0.646. The van der Waals surface area contributed by atoms with Crippen LogP contribution >= 0.6 is 0 Å². The summed E-state index contributed by atoms with van der Waals surface area (Å²) in [4.78, 5) is 34.3. The van der Waals surface area contributed by atoms with Crippen LogP contribution in [0.15, 0.2) is 36.4 Å². The summed E-state index contributed by atoms with van der Waals surface area (Å²) < 4.78 is 9.98. The average Bonchev–Trinajstić information content (AvgIpc) is 2.58. The molecule has 0 spiro atoms. The number of esters is 1. The van der Waals surface area contributed by atoms with E-state index in [4.69, 9.17) is 9.47 Å². The van der Waals surface area contributed by atoms with E-state index in [2.05, 4.69) is 17.2 Å². The summed E-state index contributed by atoms with van der Waals surface area (Å²) in [6.45, 7) is 11.5. The van der Waals surface area contributed by atoms with Crippen molar-refractivity contribution in [2.45, 2.75) is 52.7 Å². The number of hydrogen-bond donors (Lipinski definition) is 2. The first-order chi connectivity index (χ1) is 13.1. The Morgan fingerprint density at radius 3 is 2.21 bits per heavy atom. The minimum atomic E-state index is -0.512. The van der Waals surface area contributed by atoms with Gasteiger partial charge in [0.25, 0.3) is 0 Å². The fourth-order valence-electron chi connectivity index (χ4n) is 2.19. The zero-order valence-corrected chi connectivity index (χ0v) is 17.1. The maximum atomic E-state index is 12.0. The molecule has 7 nitrogen and oxygen atoms in total. The molecule has 0 unspecified atom stereocenters. The lowest BCUT2D eigenvalue weighted by Gasteiger charge is -2.19. The van der Waals surface area contributed by atoms with Crippen molar-refractivity contribution >= 4 is 18.0 Å². The van der Waals surface area contributed by atoms with Gasteiger partial charge in [0.1, 0.15) is 5.60 Å². The second kappa shape index (κ2) is 11.1. The van der Waals surface area contributed by atoms with Crippen LogP contribution in [0.2, 0.25) is 0 Å². The predicted octanol–water partition coefficient (Wildman–Crippen LogP) is 2.88. The maximum absolute atomic E-state index is 12.0. The molecular formula is C21H30N2O5. The number of carbonyl (C=O) groups excluding carboxylic acids is 3. The summed E-state index contributed by atoms with van der Waals surface area (Å²) in [5.41, 5.74) is 1.87. The molecule has 2 amide bonds. The number of carbonyl (C=O) groups is 3. The summed E-state index contributed by atoms with van der Waals surface area (Å²) in [5, 5.41) is 5.50. The smallest absolute Gasteiger partial charge is 0.407 e. The van der Waals surface area contributed by atoms with E-state index in [0.29, 0.717) is 31.5 Å². The quantitative estimate of drug-likeness (QED) is 0.499. The van der Waals surface area contributed by atoms with E-state index in [-0.39, 0.29) is 18.5 Å². The van der Waals surface area contributed by atoms with Crippen LogP contribution in [-0.2, 0) is 32.0 Å². The van der Waals surface area contributed by atoms with Gasteiger partial charge < -0.3 is 20.1 Å². The molecule has 0 saturated carbocycles. The number of alkyl carbamates (subject to hydrolysis) is 1. The third-order valence-electron chi connectivity index (χ3n) is 3.59. The summed E-state index contributed by atoms with van der Waals surface area (Å²) >= 11 is 0. The van der Waals surface area contributed by atoms with Crippen molar-refractivity contribution < 1.29 is 23.9 Å². The molecule has 0 bridgehead atoms. The first-order valence-corrected chi connectivity index (χ1v) is 9.21. The van der Waals surface area contributed by atoms with Crippen LogP contribution in [0.3, 0.4) is 0 Å². The van der Waals surface area contributed by atoms with Gasteiger partial charge in [-0.3, -0.25) is 9.59 Å². The molecule has 28 heavy (non-hydrogen) atoms. The zero-order chi connectivity index (χ0) is 21.2. The van der Waals surface area contributed by atoms with Crippen molar-refractivity contribution in [3.8, 4) is 0 Å². The molecular weight excluding hydrogens is 360 g/mol. The molecule has 0 heterocycles. The number of nitrogens with one attached hydrogen (secondary N) is 2. The lowest BCUT2D eigenvalue weighted by molar-refractivity contribution is -0.141. The van der Waals surface area contributed by atoms with Crippen LogP contribution in [0.1, 0.15) is 45.2 Å². The number of hydrogen-bond acceptors (Lipinski definition) is 5. The van der Waals surface area contributed by atoms with Crippen molar-refractivity contribution in [3.63, 3.8) is 0 Å².